The van der Waals surface area contributed by atoms with E-state index in [1.807, 2.05) is 0 Å². The van der Waals surface area contributed by atoms with Gasteiger partial charge in [0.05, 0.1) is 11.5 Å². The third-order valence-corrected chi connectivity index (χ3v) is 6.93. The molecule has 0 bridgehead atoms. The molecule has 5 nitrogen and oxygen atoms in total. The number of benzene rings is 2. The van der Waals surface area contributed by atoms with E-state index in [2.05, 4.69) is 52.7 Å². The Morgan fingerprint density at radius 2 is 2.10 bits per heavy atom. The molecule has 29 heavy (non-hydrogen) atoms. The van der Waals surface area contributed by atoms with Crippen LogP contribution in [0.15, 0.2) is 42.5 Å². The van der Waals surface area contributed by atoms with Crippen molar-refractivity contribution >= 4 is 5.69 Å². The fourth-order valence-electron chi connectivity index (χ4n) is 5.49. The van der Waals surface area contributed by atoms with Crippen molar-refractivity contribution in [2.75, 3.05) is 44.3 Å². The Balaban J connectivity index is 1.31. The average molecular weight is 392 g/mol. The molecular weight excluding hydrogens is 364 g/mol. The van der Waals surface area contributed by atoms with Crippen molar-refractivity contribution in [2.24, 2.45) is 0 Å². The van der Waals surface area contributed by atoms with Gasteiger partial charge in [-0.25, -0.2) is 0 Å². The molecule has 3 atom stereocenters. The molecule has 4 aliphatic heterocycles. The van der Waals surface area contributed by atoms with Gasteiger partial charge in [0.2, 0.25) is 0 Å². The normalized spacial score (nSPS) is 29.9. The second-order valence-corrected chi connectivity index (χ2v) is 8.79. The van der Waals surface area contributed by atoms with E-state index >= 15 is 0 Å². The summed E-state index contributed by atoms with van der Waals surface area (Å²) in [5.74, 6) is 1.89. The minimum absolute atomic E-state index is 0.0992. The van der Waals surface area contributed by atoms with Gasteiger partial charge in [-0.1, -0.05) is 24.3 Å². The molecule has 4 heterocycles. The molecule has 152 valence electrons. The second-order valence-electron chi connectivity index (χ2n) is 8.79. The molecule has 2 fully saturated rings. The van der Waals surface area contributed by atoms with Crippen LogP contribution in [0.2, 0.25) is 0 Å². The Kier molecular flexibility index (Phi) is 4.20. The smallest absolute Gasteiger partial charge is 0.127 e. The monoisotopic (exact) mass is 392 g/mol. The van der Waals surface area contributed by atoms with Gasteiger partial charge in [0.25, 0.3) is 0 Å². The molecule has 0 amide bonds. The number of para-hydroxylation sites is 1. The van der Waals surface area contributed by atoms with Gasteiger partial charge in [-0.3, -0.25) is 0 Å². The van der Waals surface area contributed by atoms with Gasteiger partial charge in [-0.05, 0) is 43.5 Å². The van der Waals surface area contributed by atoms with Crippen LogP contribution in [0.4, 0.5) is 5.69 Å². The minimum Gasteiger partial charge on any atom is -0.492 e. The number of hydrogen-bond donors (Lipinski definition) is 1. The number of nitrogens with one attached hydrogen (secondary N) is 1. The highest BCUT2D eigenvalue weighted by molar-refractivity contribution is 5.69. The summed E-state index contributed by atoms with van der Waals surface area (Å²) < 4.78 is 18.4. The molecule has 0 aliphatic carbocycles. The Morgan fingerprint density at radius 3 is 2.97 bits per heavy atom. The van der Waals surface area contributed by atoms with Gasteiger partial charge in [-0.2, -0.15) is 0 Å². The molecular formula is C24H28N2O3. The van der Waals surface area contributed by atoms with Gasteiger partial charge in [-0.15, -0.1) is 0 Å². The molecule has 6 rings (SSSR count). The quantitative estimate of drug-likeness (QED) is 0.866. The zero-order chi connectivity index (χ0) is 19.3. The molecule has 4 aliphatic rings. The van der Waals surface area contributed by atoms with Crippen LogP contribution in [0.1, 0.15) is 30.4 Å². The van der Waals surface area contributed by atoms with Gasteiger partial charge in [0.15, 0.2) is 0 Å². The lowest BCUT2D eigenvalue weighted by molar-refractivity contribution is 0.115. The van der Waals surface area contributed by atoms with Gasteiger partial charge < -0.3 is 24.4 Å². The van der Waals surface area contributed by atoms with E-state index in [1.165, 1.54) is 23.2 Å². The summed E-state index contributed by atoms with van der Waals surface area (Å²) in [5, 5.41) is 3.36. The summed E-state index contributed by atoms with van der Waals surface area (Å²) >= 11 is 0. The first kappa shape index (κ1) is 17.6. The molecule has 2 saturated heterocycles. The first-order chi connectivity index (χ1) is 14.3. The molecule has 1 spiro atoms. The van der Waals surface area contributed by atoms with E-state index in [1.54, 1.807) is 0 Å². The first-order valence-electron chi connectivity index (χ1n) is 10.9. The van der Waals surface area contributed by atoms with E-state index in [0.717, 1.165) is 57.1 Å². The van der Waals surface area contributed by atoms with Crippen molar-refractivity contribution in [2.45, 2.75) is 36.9 Å². The summed E-state index contributed by atoms with van der Waals surface area (Å²) in [7, 11) is 0. The molecule has 1 N–H and O–H groups in total. The third-order valence-electron chi connectivity index (χ3n) is 6.93. The molecule has 2 aromatic rings. The highest BCUT2D eigenvalue weighted by Gasteiger charge is 2.50. The van der Waals surface area contributed by atoms with Crippen molar-refractivity contribution in [3.8, 4) is 11.5 Å². The van der Waals surface area contributed by atoms with Crippen LogP contribution in [0.3, 0.4) is 0 Å². The van der Waals surface area contributed by atoms with Crippen molar-refractivity contribution < 1.29 is 14.2 Å². The van der Waals surface area contributed by atoms with E-state index in [4.69, 9.17) is 14.2 Å². The summed E-state index contributed by atoms with van der Waals surface area (Å²) in [4.78, 5) is 2.51. The fraction of sp³-hybridized carbons (Fsp3) is 0.500. The fourth-order valence-corrected chi connectivity index (χ4v) is 5.49. The number of nitrogens with zero attached hydrogens (tertiary/aromatic N) is 1. The summed E-state index contributed by atoms with van der Waals surface area (Å²) in [5.41, 5.74) is 3.90. The molecule has 2 aromatic carbocycles. The lowest BCUT2D eigenvalue weighted by Gasteiger charge is -2.26. The zero-order valence-electron chi connectivity index (χ0n) is 16.7. The highest BCUT2D eigenvalue weighted by Crippen LogP contribution is 2.52. The third kappa shape index (κ3) is 2.90. The summed E-state index contributed by atoms with van der Waals surface area (Å²) in [6, 6.07) is 15.3. The Bertz CT molecular complexity index is 905. The lowest BCUT2D eigenvalue weighted by atomic mass is 9.78. The number of rotatable bonds is 4. The maximum absolute atomic E-state index is 6.26. The standard InChI is InChI=1S/C24H28N2O3/c1-2-6-22-20(5-1)24(15-26(22)14-19-4-3-11-27-19)16-28-23-12-17(7-8-21(23)24)29-18-9-10-25-13-18/h1-2,5-8,12,18-19,25H,3-4,9-11,13-16H2/t18-,19+,24?/m0/s1. The van der Waals surface area contributed by atoms with Crippen molar-refractivity contribution in [1.82, 2.24) is 5.32 Å². The van der Waals surface area contributed by atoms with Crippen molar-refractivity contribution in [1.29, 1.82) is 0 Å². The second kappa shape index (κ2) is 6.92. The molecule has 0 saturated carbocycles. The van der Waals surface area contributed by atoms with Crippen molar-refractivity contribution in [3.63, 3.8) is 0 Å². The maximum atomic E-state index is 6.26. The van der Waals surface area contributed by atoms with Crippen LogP contribution < -0.4 is 19.7 Å². The minimum atomic E-state index is -0.0992. The Labute approximate surface area is 171 Å². The van der Waals surface area contributed by atoms with Gasteiger partial charge >= 0.3 is 0 Å². The summed E-state index contributed by atoms with van der Waals surface area (Å²) in [6.07, 6.45) is 4.01. The molecule has 0 radical (unpaired) electrons. The number of fused-ring (bicyclic) bond motifs is 4. The zero-order valence-corrected chi connectivity index (χ0v) is 16.7. The number of hydrogen-bond acceptors (Lipinski definition) is 5. The van der Waals surface area contributed by atoms with Crippen LogP contribution in [0.5, 0.6) is 11.5 Å². The topological polar surface area (TPSA) is 43.0 Å². The van der Waals surface area contributed by atoms with E-state index in [0.29, 0.717) is 12.7 Å². The van der Waals surface area contributed by atoms with Crippen LogP contribution in [0.25, 0.3) is 0 Å². The largest absolute Gasteiger partial charge is 0.492 e. The van der Waals surface area contributed by atoms with Crippen LogP contribution in [0, 0.1) is 0 Å². The van der Waals surface area contributed by atoms with Gasteiger partial charge in [0.1, 0.15) is 24.2 Å². The Hall–Kier alpha value is -2.24. The van der Waals surface area contributed by atoms with Gasteiger partial charge in [0, 0.05) is 43.6 Å². The van der Waals surface area contributed by atoms with E-state index < -0.39 is 0 Å². The maximum Gasteiger partial charge on any atom is 0.127 e. The van der Waals surface area contributed by atoms with E-state index in [9.17, 15) is 0 Å². The SMILES string of the molecule is c1ccc2c(c1)N(C[C@H]1CCCO1)CC21COc2cc(O[C@H]3CCNC3)ccc21. The number of ether oxygens (including phenoxy) is 3. The Morgan fingerprint density at radius 1 is 1.14 bits per heavy atom. The van der Waals surface area contributed by atoms with Crippen LogP contribution in [-0.4, -0.2) is 51.6 Å². The predicted octanol–water partition coefficient (Wildman–Crippen LogP) is 3.10. The van der Waals surface area contributed by atoms with Crippen molar-refractivity contribution in [3.05, 3.63) is 53.6 Å². The predicted molar refractivity (Wildman–Crippen MR) is 112 cm³/mol. The molecule has 1 unspecified atom stereocenters. The average Bonchev–Trinajstić information content (AvgIpc) is 3.53. The molecule has 5 heteroatoms. The molecule has 0 aromatic heterocycles. The van der Waals surface area contributed by atoms with E-state index in [-0.39, 0.29) is 11.5 Å². The number of anilines is 1. The lowest BCUT2D eigenvalue weighted by Crippen LogP contribution is -2.39. The summed E-state index contributed by atoms with van der Waals surface area (Å²) in [6.45, 7) is 5.46. The van der Waals surface area contributed by atoms with Crippen LogP contribution in [-0.2, 0) is 10.2 Å². The first-order valence-corrected chi connectivity index (χ1v) is 10.9. The highest BCUT2D eigenvalue weighted by atomic mass is 16.5. The van der Waals surface area contributed by atoms with Crippen LogP contribution >= 0.6 is 0 Å².